The van der Waals surface area contributed by atoms with Crippen LogP contribution in [-0.4, -0.2) is 35.1 Å². The molecule has 1 saturated carbocycles. The van der Waals surface area contributed by atoms with Gasteiger partial charge in [-0.1, -0.05) is 20.8 Å². The zero-order valence-electron chi connectivity index (χ0n) is 13.7. The number of nitrogens with zero attached hydrogens (tertiary/aromatic N) is 3. The lowest BCUT2D eigenvalue weighted by Crippen LogP contribution is -2.57. The first-order chi connectivity index (χ1) is 10.5. The molecule has 2 fully saturated rings. The van der Waals surface area contributed by atoms with E-state index in [1.807, 2.05) is 0 Å². The number of hydrogen-bond acceptors (Lipinski definition) is 4. The lowest BCUT2D eigenvalue weighted by Gasteiger charge is -2.43. The number of hydrogen-bond donors (Lipinski definition) is 0. The van der Waals surface area contributed by atoms with Gasteiger partial charge in [0.2, 0.25) is 5.88 Å². The standard InChI is InChI=1S/C18H25N3O/c1-18(2,3)14-5-6-15(8-14)21-11-16(12-21)22-17-7-4-13(9-19)10-20-17/h4,7,10,14-16H,5-6,8,11-12H2,1-3H3. The van der Waals surface area contributed by atoms with Crippen LogP contribution >= 0.6 is 0 Å². The van der Waals surface area contributed by atoms with Gasteiger partial charge in [-0.25, -0.2) is 4.98 Å². The van der Waals surface area contributed by atoms with Gasteiger partial charge in [-0.05, 0) is 36.7 Å². The van der Waals surface area contributed by atoms with Crippen molar-refractivity contribution in [2.75, 3.05) is 13.1 Å². The van der Waals surface area contributed by atoms with Gasteiger partial charge in [0, 0.05) is 31.4 Å². The summed E-state index contributed by atoms with van der Waals surface area (Å²) in [5.41, 5.74) is 1.00. The highest BCUT2D eigenvalue weighted by atomic mass is 16.5. The summed E-state index contributed by atoms with van der Waals surface area (Å²) < 4.78 is 5.87. The molecule has 3 rings (SSSR count). The van der Waals surface area contributed by atoms with Gasteiger partial charge in [-0.2, -0.15) is 5.26 Å². The Morgan fingerprint density at radius 2 is 2.05 bits per heavy atom. The maximum Gasteiger partial charge on any atom is 0.213 e. The van der Waals surface area contributed by atoms with E-state index in [9.17, 15) is 0 Å². The lowest BCUT2D eigenvalue weighted by molar-refractivity contribution is -0.0119. The monoisotopic (exact) mass is 299 g/mol. The molecule has 0 spiro atoms. The number of nitriles is 1. The first kappa shape index (κ1) is 15.3. The molecule has 2 heterocycles. The summed E-state index contributed by atoms with van der Waals surface area (Å²) in [5, 5.41) is 8.76. The van der Waals surface area contributed by atoms with E-state index in [1.54, 1.807) is 18.3 Å². The second-order valence-electron chi connectivity index (χ2n) is 7.72. The van der Waals surface area contributed by atoms with Gasteiger partial charge >= 0.3 is 0 Å². The van der Waals surface area contributed by atoms with Crippen molar-refractivity contribution in [3.8, 4) is 11.9 Å². The molecule has 4 nitrogen and oxygen atoms in total. The van der Waals surface area contributed by atoms with E-state index >= 15 is 0 Å². The summed E-state index contributed by atoms with van der Waals surface area (Å²) in [5.74, 6) is 1.47. The van der Waals surface area contributed by atoms with Crippen LogP contribution < -0.4 is 4.74 Å². The van der Waals surface area contributed by atoms with E-state index in [0.29, 0.717) is 16.9 Å². The third kappa shape index (κ3) is 3.25. The van der Waals surface area contributed by atoms with E-state index in [4.69, 9.17) is 10.00 Å². The molecule has 1 aromatic heterocycles. The molecule has 1 saturated heterocycles. The molecule has 1 aromatic rings. The van der Waals surface area contributed by atoms with Crippen molar-refractivity contribution in [3.05, 3.63) is 23.9 Å². The molecule has 2 unspecified atom stereocenters. The van der Waals surface area contributed by atoms with Crippen LogP contribution in [0.2, 0.25) is 0 Å². The van der Waals surface area contributed by atoms with Crippen LogP contribution in [0.25, 0.3) is 0 Å². The predicted molar refractivity (Wildman–Crippen MR) is 85.5 cm³/mol. The maximum absolute atomic E-state index is 8.76. The Morgan fingerprint density at radius 1 is 1.27 bits per heavy atom. The third-order valence-electron chi connectivity index (χ3n) is 5.18. The Hall–Kier alpha value is -1.60. The van der Waals surface area contributed by atoms with E-state index in [-0.39, 0.29) is 6.10 Å². The topological polar surface area (TPSA) is 49.1 Å². The average Bonchev–Trinajstić information content (AvgIpc) is 2.92. The Balaban J connectivity index is 1.45. The van der Waals surface area contributed by atoms with Crippen molar-refractivity contribution in [3.63, 3.8) is 0 Å². The molecule has 2 atom stereocenters. The minimum Gasteiger partial charge on any atom is -0.472 e. The van der Waals surface area contributed by atoms with E-state index in [0.717, 1.165) is 25.0 Å². The van der Waals surface area contributed by atoms with Crippen LogP contribution in [-0.2, 0) is 0 Å². The normalized spacial score (nSPS) is 26.5. The van der Waals surface area contributed by atoms with Gasteiger partial charge < -0.3 is 4.74 Å². The number of pyridine rings is 1. The van der Waals surface area contributed by atoms with Crippen molar-refractivity contribution in [2.45, 2.75) is 52.2 Å². The summed E-state index contributed by atoms with van der Waals surface area (Å²) in [7, 11) is 0. The first-order valence-electron chi connectivity index (χ1n) is 8.22. The summed E-state index contributed by atoms with van der Waals surface area (Å²) in [6, 6.07) is 6.34. The van der Waals surface area contributed by atoms with Crippen LogP contribution in [0, 0.1) is 22.7 Å². The fourth-order valence-electron chi connectivity index (χ4n) is 3.61. The van der Waals surface area contributed by atoms with Gasteiger partial charge in [-0.3, -0.25) is 4.90 Å². The number of rotatable bonds is 3. The minimum absolute atomic E-state index is 0.245. The first-order valence-corrected chi connectivity index (χ1v) is 8.22. The van der Waals surface area contributed by atoms with Crippen molar-refractivity contribution >= 4 is 0 Å². The molecule has 0 bridgehead atoms. The zero-order valence-corrected chi connectivity index (χ0v) is 13.7. The van der Waals surface area contributed by atoms with Crippen molar-refractivity contribution < 1.29 is 4.74 Å². The molecule has 22 heavy (non-hydrogen) atoms. The highest BCUT2D eigenvalue weighted by Crippen LogP contribution is 2.42. The molecule has 0 radical (unpaired) electrons. The second kappa shape index (κ2) is 5.89. The van der Waals surface area contributed by atoms with Crippen molar-refractivity contribution in [1.29, 1.82) is 5.26 Å². The molecule has 0 amide bonds. The van der Waals surface area contributed by atoms with Crippen LogP contribution in [0.4, 0.5) is 0 Å². The van der Waals surface area contributed by atoms with Crippen LogP contribution in [0.1, 0.15) is 45.6 Å². The molecular weight excluding hydrogens is 274 g/mol. The predicted octanol–water partition coefficient (Wildman–Crippen LogP) is 3.23. The quantitative estimate of drug-likeness (QED) is 0.860. The van der Waals surface area contributed by atoms with Crippen LogP contribution in [0.3, 0.4) is 0 Å². The van der Waals surface area contributed by atoms with Gasteiger partial charge in [0.15, 0.2) is 0 Å². The minimum atomic E-state index is 0.245. The third-order valence-corrected chi connectivity index (χ3v) is 5.18. The van der Waals surface area contributed by atoms with E-state index in [1.165, 1.54) is 19.3 Å². The van der Waals surface area contributed by atoms with Gasteiger partial charge in [0.05, 0.1) is 5.56 Å². The average molecular weight is 299 g/mol. The van der Waals surface area contributed by atoms with Crippen molar-refractivity contribution in [1.82, 2.24) is 9.88 Å². The fraction of sp³-hybridized carbons (Fsp3) is 0.667. The number of likely N-dealkylation sites (tertiary alicyclic amines) is 1. The molecule has 1 aliphatic carbocycles. The summed E-state index contributed by atoms with van der Waals surface area (Å²) in [4.78, 5) is 6.73. The van der Waals surface area contributed by atoms with Gasteiger partial charge in [0.25, 0.3) is 0 Å². The molecule has 1 aliphatic heterocycles. The Morgan fingerprint density at radius 3 is 2.59 bits per heavy atom. The summed E-state index contributed by atoms with van der Waals surface area (Å²) >= 11 is 0. The Kier molecular flexibility index (Phi) is 4.10. The summed E-state index contributed by atoms with van der Waals surface area (Å²) in [6.07, 6.45) is 5.81. The molecular formula is C18H25N3O. The smallest absolute Gasteiger partial charge is 0.213 e. The Labute approximate surface area is 133 Å². The molecule has 4 heteroatoms. The molecule has 2 aliphatic rings. The zero-order chi connectivity index (χ0) is 15.7. The number of ether oxygens (including phenoxy) is 1. The maximum atomic E-state index is 8.76. The molecule has 118 valence electrons. The molecule has 0 aromatic carbocycles. The van der Waals surface area contributed by atoms with Crippen molar-refractivity contribution in [2.24, 2.45) is 11.3 Å². The van der Waals surface area contributed by atoms with Crippen LogP contribution in [0.15, 0.2) is 18.3 Å². The Bertz CT molecular complexity index is 549. The van der Waals surface area contributed by atoms with E-state index < -0.39 is 0 Å². The summed E-state index contributed by atoms with van der Waals surface area (Å²) in [6.45, 7) is 9.09. The van der Waals surface area contributed by atoms with E-state index in [2.05, 4.69) is 36.7 Å². The molecule has 0 N–H and O–H groups in total. The largest absolute Gasteiger partial charge is 0.472 e. The highest BCUT2D eigenvalue weighted by molar-refractivity contribution is 5.28. The lowest BCUT2D eigenvalue weighted by atomic mass is 9.79. The van der Waals surface area contributed by atoms with Crippen LogP contribution in [0.5, 0.6) is 5.88 Å². The van der Waals surface area contributed by atoms with Gasteiger partial charge in [0.1, 0.15) is 12.2 Å². The second-order valence-corrected chi connectivity index (χ2v) is 7.72. The highest BCUT2D eigenvalue weighted by Gasteiger charge is 2.40. The fourth-order valence-corrected chi connectivity index (χ4v) is 3.61. The number of aromatic nitrogens is 1. The van der Waals surface area contributed by atoms with Gasteiger partial charge in [-0.15, -0.1) is 0 Å². The SMILES string of the molecule is CC(C)(C)C1CCC(N2CC(Oc3ccc(C#N)cn3)C2)C1.